The lowest BCUT2D eigenvalue weighted by molar-refractivity contribution is -0.119. The van der Waals surface area contributed by atoms with Gasteiger partial charge in [0.25, 0.3) is 0 Å². The van der Waals surface area contributed by atoms with Crippen LogP contribution in [0.25, 0.3) is 11.1 Å². The fraction of sp³-hybridized carbons (Fsp3) is 0.373. The van der Waals surface area contributed by atoms with Crippen LogP contribution in [0.2, 0.25) is 0 Å². The quantitative estimate of drug-likeness (QED) is 0.0584. The predicted octanol–water partition coefficient (Wildman–Crippen LogP) is 9.12. The minimum atomic E-state index is -0.528. The van der Waals surface area contributed by atoms with Crippen molar-refractivity contribution in [1.82, 2.24) is 0 Å². The Labute approximate surface area is 368 Å². The molecule has 63 heavy (non-hydrogen) atoms. The molecule has 2 heterocycles. The van der Waals surface area contributed by atoms with Gasteiger partial charge in [-0.15, -0.1) is 0 Å². The number of hydrogen-bond acceptors (Lipinski definition) is 10. The van der Waals surface area contributed by atoms with Crippen molar-refractivity contribution in [3.05, 3.63) is 117 Å². The summed E-state index contributed by atoms with van der Waals surface area (Å²) < 4.78 is 21.7. The zero-order valence-electron chi connectivity index (χ0n) is 37.1. The number of nitrogens with zero attached hydrogens (tertiary/aromatic N) is 1. The maximum Gasteiger partial charge on any atom is 0.235 e. The second-order valence-electron chi connectivity index (χ2n) is 19.0. The van der Waals surface area contributed by atoms with Crippen LogP contribution in [0, 0.1) is 10.8 Å². The minimum Gasteiger partial charge on any atom is -0.454 e. The summed E-state index contributed by atoms with van der Waals surface area (Å²) in [5, 5.41) is 18.7. The van der Waals surface area contributed by atoms with Gasteiger partial charge in [0.2, 0.25) is 25.4 Å². The summed E-state index contributed by atoms with van der Waals surface area (Å²) in [6, 6.07) is 23.4. The monoisotopic (exact) mass is 852 g/mol. The first-order valence-corrected chi connectivity index (χ1v) is 21.5. The van der Waals surface area contributed by atoms with Crippen molar-refractivity contribution in [2.75, 3.05) is 31.3 Å². The second kappa shape index (κ2) is 16.4. The van der Waals surface area contributed by atoms with Gasteiger partial charge in [-0.3, -0.25) is 14.4 Å². The number of fused-ring (bicyclic) bond motifs is 4. The molecule has 12 nitrogen and oxygen atoms in total. The standard InChI is InChI=1S/C25H26N2O4.C25H25NO4.CH5N/c1-24(2,3)20-10-15-4-6-17(12-18(15)19(20)13-26-29)27-23(28)25(8-9-25)16-5-7-21-22(11-16)31-14-30-21;1-24(2,3)20-10-15-4-6-17(12-18(15)19(20)13-27)26-23(28)25(8-9-25)16-5-7-21-22(11-16)30-14-29-21;1-2/h4-7,11-13,29H,8-10,14H2,1-3H3,(H,27,28);4-7,11-13H,8-10,14H2,1-3H3,(H,26,28);2H2,1H3/b26-13-;;. The van der Waals surface area contributed by atoms with Gasteiger partial charge in [-0.05, 0) is 144 Å². The molecule has 2 aliphatic heterocycles. The van der Waals surface area contributed by atoms with Gasteiger partial charge in [-0.1, -0.05) is 76.5 Å². The summed E-state index contributed by atoms with van der Waals surface area (Å²) >= 11 is 0. The Hall–Kier alpha value is -6.40. The van der Waals surface area contributed by atoms with Crippen molar-refractivity contribution >= 4 is 46.8 Å². The zero-order chi connectivity index (χ0) is 44.9. The number of oxime groups is 1. The Balaban J connectivity index is 0.000000166. The smallest absolute Gasteiger partial charge is 0.235 e. The van der Waals surface area contributed by atoms with Crippen LogP contribution in [-0.2, 0) is 38.1 Å². The second-order valence-corrected chi connectivity index (χ2v) is 19.0. The molecule has 0 aromatic heterocycles. The first kappa shape index (κ1) is 43.3. The van der Waals surface area contributed by atoms with Crippen molar-refractivity contribution in [2.24, 2.45) is 21.7 Å². The highest BCUT2D eigenvalue weighted by Gasteiger charge is 2.53. The first-order chi connectivity index (χ1) is 30.1. The highest BCUT2D eigenvalue weighted by molar-refractivity contribution is 6.14. The molecule has 10 rings (SSSR count). The fourth-order valence-electron chi connectivity index (χ4n) is 9.13. The number of carbonyl (C=O) groups excluding carboxylic acids is 3. The van der Waals surface area contributed by atoms with E-state index in [9.17, 15) is 19.6 Å². The third-order valence-electron chi connectivity index (χ3n) is 13.0. The molecule has 0 unspecified atom stereocenters. The molecule has 2 saturated carbocycles. The van der Waals surface area contributed by atoms with Crippen LogP contribution < -0.4 is 35.3 Å². The average molecular weight is 853 g/mol. The van der Waals surface area contributed by atoms with Gasteiger partial charge in [0.1, 0.15) is 0 Å². The summed E-state index contributed by atoms with van der Waals surface area (Å²) in [5.74, 6) is 2.80. The Kier molecular flexibility index (Phi) is 11.2. The van der Waals surface area contributed by atoms with Crippen LogP contribution in [0.3, 0.4) is 0 Å². The van der Waals surface area contributed by atoms with Gasteiger partial charge in [0, 0.05) is 22.5 Å². The molecular formula is C51H56N4O8. The molecule has 4 aliphatic carbocycles. The van der Waals surface area contributed by atoms with E-state index in [1.165, 1.54) is 24.4 Å². The summed E-state index contributed by atoms with van der Waals surface area (Å²) in [6.07, 6.45) is 7.27. The van der Waals surface area contributed by atoms with Gasteiger partial charge in [0.05, 0.1) is 17.0 Å². The molecule has 2 amide bonds. The van der Waals surface area contributed by atoms with E-state index < -0.39 is 10.8 Å². The molecule has 0 atom stereocenters. The van der Waals surface area contributed by atoms with Crippen LogP contribution in [-0.4, -0.2) is 50.2 Å². The molecule has 4 aromatic carbocycles. The van der Waals surface area contributed by atoms with Crippen LogP contribution in [0.15, 0.2) is 89.1 Å². The Morgan fingerprint density at radius 1 is 0.619 bits per heavy atom. The molecule has 5 N–H and O–H groups in total. The number of nitrogens with one attached hydrogen (secondary N) is 2. The van der Waals surface area contributed by atoms with Crippen molar-refractivity contribution < 1.29 is 38.5 Å². The van der Waals surface area contributed by atoms with Gasteiger partial charge < -0.3 is 40.5 Å². The number of anilines is 2. The fourth-order valence-corrected chi connectivity index (χ4v) is 9.13. The summed E-state index contributed by atoms with van der Waals surface area (Å²) in [6.45, 7) is 13.3. The third-order valence-corrected chi connectivity index (χ3v) is 13.0. The predicted molar refractivity (Wildman–Crippen MR) is 244 cm³/mol. The van der Waals surface area contributed by atoms with Crippen molar-refractivity contribution in [1.29, 1.82) is 0 Å². The molecular weight excluding hydrogens is 797 g/mol. The van der Waals surface area contributed by atoms with E-state index in [-0.39, 0.29) is 36.2 Å². The lowest BCUT2D eigenvalue weighted by Crippen LogP contribution is -2.27. The van der Waals surface area contributed by atoms with E-state index in [0.717, 1.165) is 112 Å². The molecule has 6 aliphatic rings. The zero-order valence-corrected chi connectivity index (χ0v) is 37.1. The van der Waals surface area contributed by atoms with Crippen LogP contribution in [0.5, 0.6) is 23.0 Å². The summed E-state index contributed by atoms with van der Waals surface area (Å²) in [4.78, 5) is 38.3. The van der Waals surface area contributed by atoms with Crippen molar-refractivity contribution in [2.45, 2.75) is 90.9 Å². The molecule has 2 fully saturated rings. The lowest BCUT2D eigenvalue weighted by atomic mass is 9.83. The topological polar surface area (TPSA) is 171 Å². The van der Waals surface area contributed by atoms with E-state index in [1.54, 1.807) is 0 Å². The largest absolute Gasteiger partial charge is 0.454 e. The van der Waals surface area contributed by atoms with Crippen molar-refractivity contribution in [3.8, 4) is 23.0 Å². The van der Waals surface area contributed by atoms with Crippen LogP contribution >= 0.6 is 0 Å². The molecule has 0 radical (unpaired) electrons. The van der Waals surface area contributed by atoms with Crippen LogP contribution in [0.4, 0.5) is 11.4 Å². The molecule has 4 aromatic rings. The van der Waals surface area contributed by atoms with Crippen molar-refractivity contribution in [3.63, 3.8) is 0 Å². The van der Waals surface area contributed by atoms with Crippen LogP contribution in [0.1, 0.15) is 101 Å². The lowest BCUT2D eigenvalue weighted by Gasteiger charge is -2.21. The number of allylic oxidation sites excluding steroid dienone is 4. The Bertz CT molecular complexity index is 2600. The Morgan fingerprint density at radius 3 is 1.43 bits per heavy atom. The third kappa shape index (κ3) is 8.08. The average Bonchev–Trinajstić information content (AvgIpc) is 4.02. The van der Waals surface area contributed by atoms with Gasteiger partial charge >= 0.3 is 0 Å². The highest BCUT2D eigenvalue weighted by atomic mass is 16.7. The number of ether oxygens (including phenoxy) is 4. The number of hydrogen-bond donors (Lipinski definition) is 4. The van der Waals surface area contributed by atoms with E-state index in [2.05, 4.69) is 69.1 Å². The number of rotatable bonds is 8. The van der Waals surface area contributed by atoms with Gasteiger partial charge in [-0.2, -0.15) is 0 Å². The van der Waals surface area contributed by atoms with E-state index in [0.29, 0.717) is 11.5 Å². The molecule has 0 bridgehead atoms. The number of aldehydes is 1. The Morgan fingerprint density at radius 2 is 1.03 bits per heavy atom. The first-order valence-electron chi connectivity index (χ1n) is 21.5. The highest BCUT2D eigenvalue weighted by Crippen LogP contribution is 2.53. The van der Waals surface area contributed by atoms with Gasteiger partial charge in [-0.25, -0.2) is 0 Å². The van der Waals surface area contributed by atoms with E-state index in [4.69, 9.17) is 18.9 Å². The molecule has 0 spiro atoms. The number of amides is 2. The maximum absolute atomic E-state index is 13.3. The molecule has 0 saturated heterocycles. The SMILES string of the molecule is CC(C)(C)C1=C(/C=N\O)c2cc(NC(=O)C3(c4ccc5c(c4)OCO5)CC3)ccc2C1.CC(C)(C)C1=C(C=O)c2cc(NC(=O)C3(c4ccc5c(c4)OCO5)CC3)ccc2C1.CN. The number of carbonyl (C=O) groups is 3. The summed E-state index contributed by atoms with van der Waals surface area (Å²) in [7, 11) is 1.50. The van der Waals surface area contributed by atoms with E-state index in [1.807, 2.05) is 66.7 Å². The number of nitrogens with two attached hydrogens (primary N) is 1. The minimum absolute atomic E-state index is 0.0123. The summed E-state index contributed by atoms with van der Waals surface area (Å²) in [5.41, 5.74) is 15.0. The maximum atomic E-state index is 13.3. The molecule has 12 heteroatoms. The van der Waals surface area contributed by atoms with E-state index >= 15 is 0 Å². The number of benzene rings is 4. The normalized spacial score (nSPS) is 17.8. The van der Waals surface area contributed by atoms with Gasteiger partial charge in [0.15, 0.2) is 29.3 Å². The molecule has 328 valence electrons.